The van der Waals surface area contributed by atoms with Crippen molar-refractivity contribution in [2.45, 2.75) is 75.2 Å². The Kier molecular flexibility index (Phi) is 11.1. The van der Waals surface area contributed by atoms with Crippen LogP contribution in [0, 0.1) is 0 Å². The van der Waals surface area contributed by atoms with Crippen LogP contribution in [-0.2, 0) is 16.0 Å². The number of carbonyl (C=O) groups is 2. The number of aromatic amines is 1. The summed E-state index contributed by atoms with van der Waals surface area (Å²) in [6.45, 7) is 3.18. The molecule has 3 aromatic heterocycles. The summed E-state index contributed by atoms with van der Waals surface area (Å²) in [6.07, 6.45) is -1.59. The molecule has 0 radical (unpaired) electrons. The van der Waals surface area contributed by atoms with Gasteiger partial charge >= 0.3 is 12.1 Å². The first-order valence-corrected chi connectivity index (χ1v) is 16.3. The summed E-state index contributed by atoms with van der Waals surface area (Å²) >= 11 is 0. The van der Waals surface area contributed by atoms with E-state index >= 15 is 0 Å². The summed E-state index contributed by atoms with van der Waals surface area (Å²) in [4.78, 5) is 43.1. The standard InChI is InChI=1S/C30H41N9O4.C2HF3O2/c1-4-24(41)34-22-12-23(27(43)26(22)42)39-16-32-25-28(35-30(36-29(25)39)38-10-9-19(14-38)37(2)3)33-18(15-40)11-17-13-31-21-8-6-5-7-20(17)21;3-2(4,5)1(6)7/h5-8,13,16,18-19,22-23,26-27,31,40,42-43H,4,9-12,14-15H2,1-3H3,(H,34,41)(H,33,35,36);(H,6,7)/t18-,19+,22-,23+,26+,27-;/m0./s1. The minimum absolute atomic E-state index is 0.125. The molecule has 0 spiro atoms. The van der Waals surface area contributed by atoms with Gasteiger partial charge in [0.1, 0.15) is 12.2 Å². The number of para-hydroxylation sites is 1. The van der Waals surface area contributed by atoms with E-state index in [0.717, 1.165) is 36.0 Å². The molecular formula is C32H42F3N9O6. The lowest BCUT2D eigenvalue weighted by Crippen LogP contribution is -2.42. The number of amides is 1. The number of aliphatic hydroxyl groups is 3. The van der Waals surface area contributed by atoms with Gasteiger partial charge in [-0.05, 0) is 45.0 Å². The zero-order chi connectivity index (χ0) is 36.3. The van der Waals surface area contributed by atoms with E-state index in [1.807, 2.05) is 24.4 Å². The number of carbonyl (C=O) groups excluding carboxylic acids is 1. The number of nitrogens with one attached hydrogen (secondary N) is 3. The molecule has 1 amide bonds. The first-order chi connectivity index (χ1) is 23.7. The van der Waals surface area contributed by atoms with Crippen LogP contribution in [0.1, 0.15) is 37.8 Å². The molecule has 18 heteroatoms. The second-order valence-corrected chi connectivity index (χ2v) is 12.8. The number of imidazole rings is 1. The van der Waals surface area contributed by atoms with Crippen molar-refractivity contribution in [3.05, 3.63) is 42.4 Å². The SMILES string of the molecule is CCC(=O)N[C@H]1C[C@@H](n2cnc3c(N[C@H](CO)Cc4c[nH]c5ccccc45)nc(N4CC[C@@H](N(C)C)C4)nc32)[C@H](O)[C@@H]1O.O=C(O)C(F)(F)F. The van der Waals surface area contributed by atoms with Crippen LogP contribution in [-0.4, -0.2) is 132 Å². The van der Waals surface area contributed by atoms with Gasteiger partial charge in [-0.3, -0.25) is 4.79 Å². The number of alkyl halides is 3. The molecule has 0 bridgehead atoms. The number of nitrogens with zero attached hydrogens (tertiary/aromatic N) is 6. The molecule has 15 nitrogen and oxygen atoms in total. The summed E-state index contributed by atoms with van der Waals surface area (Å²) in [7, 11) is 4.13. The van der Waals surface area contributed by atoms with E-state index in [4.69, 9.17) is 19.9 Å². The molecule has 0 unspecified atom stereocenters. The van der Waals surface area contributed by atoms with Crippen molar-refractivity contribution in [1.82, 2.24) is 34.7 Å². The average Bonchev–Trinajstić information content (AvgIpc) is 3.88. The van der Waals surface area contributed by atoms with Crippen LogP contribution in [0.3, 0.4) is 0 Å². The number of rotatable bonds is 10. The molecule has 6 atom stereocenters. The van der Waals surface area contributed by atoms with Crippen molar-refractivity contribution < 1.29 is 43.2 Å². The highest BCUT2D eigenvalue weighted by Gasteiger charge is 2.44. The molecular weight excluding hydrogens is 663 g/mol. The molecule has 272 valence electrons. The summed E-state index contributed by atoms with van der Waals surface area (Å²) in [5.74, 6) is -1.91. The highest BCUT2D eigenvalue weighted by molar-refractivity contribution is 5.85. The van der Waals surface area contributed by atoms with Crippen LogP contribution >= 0.6 is 0 Å². The lowest BCUT2D eigenvalue weighted by atomic mass is 10.1. The number of carboxylic acid groups (broad SMARTS) is 1. The van der Waals surface area contributed by atoms with Gasteiger partial charge in [0.15, 0.2) is 17.0 Å². The fourth-order valence-electron chi connectivity index (χ4n) is 6.39. The van der Waals surface area contributed by atoms with Crippen molar-refractivity contribution in [3.8, 4) is 0 Å². The van der Waals surface area contributed by atoms with Crippen LogP contribution in [0.15, 0.2) is 36.8 Å². The van der Waals surface area contributed by atoms with Crippen LogP contribution in [0.4, 0.5) is 24.9 Å². The molecule has 1 aliphatic heterocycles. The van der Waals surface area contributed by atoms with Crippen molar-refractivity contribution >= 4 is 45.7 Å². The van der Waals surface area contributed by atoms with E-state index in [0.29, 0.717) is 41.8 Å². The molecule has 1 aliphatic carbocycles. The van der Waals surface area contributed by atoms with E-state index in [1.54, 1.807) is 17.8 Å². The third-order valence-electron chi connectivity index (χ3n) is 9.21. The molecule has 1 saturated carbocycles. The number of halogens is 3. The molecule has 4 aromatic rings. The number of hydrogen-bond acceptors (Lipinski definition) is 11. The fraction of sp³-hybridized carbons (Fsp3) is 0.531. The number of benzene rings is 1. The van der Waals surface area contributed by atoms with E-state index in [1.165, 1.54) is 0 Å². The predicted octanol–water partition coefficient (Wildman–Crippen LogP) is 1.66. The van der Waals surface area contributed by atoms with Crippen LogP contribution in [0.5, 0.6) is 0 Å². The number of aliphatic carboxylic acids is 1. The Morgan fingerprint density at radius 3 is 2.52 bits per heavy atom. The lowest BCUT2D eigenvalue weighted by molar-refractivity contribution is -0.192. The summed E-state index contributed by atoms with van der Waals surface area (Å²) in [5.41, 5.74) is 3.14. The largest absolute Gasteiger partial charge is 0.490 e. The van der Waals surface area contributed by atoms with Gasteiger partial charge in [-0.15, -0.1) is 0 Å². The minimum atomic E-state index is -5.08. The van der Waals surface area contributed by atoms with Gasteiger partial charge < -0.3 is 50.4 Å². The predicted molar refractivity (Wildman–Crippen MR) is 178 cm³/mol. The number of fused-ring (bicyclic) bond motifs is 2. The van der Waals surface area contributed by atoms with Crippen molar-refractivity contribution in [3.63, 3.8) is 0 Å². The molecule has 4 heterocycles. The monoisotopic (exact) mass is 705 g/mol. The Morgan fingerprint density at radius 1 is 1.16 bits per heavy atom. The molecule has 1 aromatic carbocycles. The van der Waals surface area contributed by atoms with Gasteiger partial charge in [0.2, 0.25) is 11.9 Å². The van der Waals surface area contributed by atoms with Crippen molar-refractivity contribution in [1.29, 1.82) is 0 Å². The van der Waals surface area contributed by atoms with Gasteiger partial charge in [-0.25, -0.2) is 9.78 Å². The van der Waals surface area contributed by atoms with Crippen molar-refractivity contribution in [2.75, 3.05) is 44.0 Å². The first-order valence-electron chi connectivity index (χ1n) is 16.3. The number of hydrogen-bond donors (Lipinski definition) is 7. The minimum Gasteiger partial charge on any atom is -0.475 e. The van der Waals surface area contributed by atoms with Gasteiger partial charge in [0.05, 0.1) is 31.1 Å². The van der Waals surface area contributed by atoms with Crippen molar-refractivity contribution in [2.24, 2.45) is 0 Å². The second-order valence-electron chi connectivity index (χ2n) is 12.8. The van der Waals surface area contributed by atoms with Gasteiger partial charge in [0, 0.05) is 42.7 Å². The number of anilines is 2. The molecule has 50 heavy (non-hydrogen) atoms. The lowest BCUT2D eigenvalue weighted by Gasteiger charge is -2.23. The first kappa shape index (κ1) is 36.8. The van der Waals surface area contributed by atoms with E-state index < -0.39 is 36.4 Å². The van der Waals surface area contributed by atoms with E-state index in [9.17, 15) is 33.3 Å². The Hall–Kier alpha value is -4.52. The summed E-state index contributed by atoms with van der Waals surface area (Å²) < 4.78 is 33.5. The maximum absolute atomic E-state index is 12.1. The number of carboxylic acids is 1. The zero-order valence-electron chi connectivity index (χ0n) is 27.8. The third-order valence-corrected chi connectivity index (χ3v) is 9.21. The number of aliphatic hydroxyl groups excluding tert-OH is 3. The summed E-state index contributed by atoms with van der Waals surface area (Å²) in [6, 6.07) is 6.94. The van der Waals surface area contributed by atoms with E-state index in [2.05, 4.69) is 50.6 Å². The van der Waals surface area contributed by atoms with Crippen LogP contribution in [0.25, 0.3) is 22.1 Å². The topological polar surface area (TPSA) is 205 Å². The van der Waals surface area contributed by atoms with Gasteiger partial charge in [-0.1, -0.05) is 25.1 Å². The summed E-state index contributed by atoms with van der Waals surface area (Å²) in [5, 5.41) is 46.7. The Morgan fingerprint density at radius 2 is 1.88 bits per heavy atom. The maximum atomic E-state index is 12.1. The second kappa shape index (κ2) is 15.2. The molecule has 2 fully saturated rings. The number of H-pyrrole nitrogens is 1. The maximum Gasteiger partial charge on any atom is 0.490 e. The third kappa shape index (κ3) is 7.93. The normalized spacial score (nSPS) is 22.9. The molecule has 2 aliphatic rings. The smallest absolute Gasteiger partial charge is 0.475 e. The molecule has 7 N–H and O–H groups in total. The number of likely N-dealkylation sites (N-methyl/N-ethyl adjacent to an activating group) is 1. The van der Waals surface area contributed by atoms with Crippen LogP contribution < -0.4 is 15.5 Å². The molecule has 6 rings (SSSR count). The van der Waals surface area contributed by atoms with E-state index in [-0.39, 0.29) is 25.0 Å². The zero-order valence-corrected chi connectivity index (χ0v) is 27.8. The van der Waals surface area contributed by atoms with Gasteiger partial charge in [-0.2, -0.15) is 23.1 Å². The Labute approximate surface area is 285 Å². The average molecular weight is 706 g/mol. The van der Waals surface area contributed by atoms with Gasteiger partial charge in [0.25, 0.3) is 0 Å². The number of aromatic nitrogens is 5. The Bertz CT molecular complexity index is 1800. The molecule has 1 saturated heterocycles. The fourth-order valence-corrected chi connectivity index (χ4v) is 6.39. The highest BCUT2D eigenvalue weighted by Crippen LogP contribution is 2.35. The van der Waals surface area contributed by atoms with Crippen LogP contribution in [0.2, 0.25) is 0 Å². The quantitative estimate of drug-likeness (QED) is 0.126. The Balaban J connectivity index is 0.000000630. The highest BCUT2D eigenvalue weighted by atomic mass is 19.4.